The minimum Gasteiger partial charge on any atom is -0.491 e. The molecule has 2 aliphatic rings. The average Bonchev–Trinajstić information content (AvgIpc) is 3.66. The summed E-state index contributed by atoms with van der Waals surface area (Å²) in [6, 6.07) is 8.74. The second kappa shape index (κ2) is 10.7. The van der Waals surface area contributed by atoms with Crippen molar-refractivity contribution in [2.75, 3.05) is 52.9 Å². The molecule has 2 fully saturated rings. The molecule has 4 rings (SSSR count). The van der Waals surface area contributed by atoms with Gasteiger partial charge in [-0.3, -0.25) is 0 Å². The molecule has 174 valence electrons. The van der Waals surface area contributed by atoms with Gasteiger partial charge in [-0.2, -0.15) is 0 Å². The van der Waals surface area contributed by atoms with Crippen LogP contribution in [-0.2, 0) is 18.9 Å². The van der Waals surface area contributed by atoms with Crippen molar-refractivity contribution >= 4 is 0 Å². The van der Waals surface area contributed by atoms with Crippen LogP contribution in [0.5, 0.6) is 11.5 Å². The van der Waals surface area contributed by atoms with Gasteiger partial charge in [-0.25, -0.2) is 0 Å². The molecule has 2 heterocycles. The van der Waals surface area contributed by atoms with Gasteiger partial charge < -0.3 is 28.4 Å². The van der Waals surface area contributed by atoms with Crippen molar-refractivity contribution in [3.8, 4) is 22.6 Å². The lowest BCUT2D eigenvalue weighted by atomic mass is 9.96. The van der Waals surface area contributed by atoms with Gasteiger partial charge in [0.25, 0.3) is 0 Å². The molecule has 32 heavy (non-hydrogen) atoms. The summed E-state index contributed by atoms with van der Waals surface area (Å²) < 4.78 is 33.4. The molecule has 6 nitrogen and oxygen atoms in total. The molecular weight excluding hydrogens is 408 g/mol. The summed E-state index contributed by atoms with van der Waals surface area (Å²) in [6.45, 7) is 13.5. The van der Waals surface area contributed by atoms with Crippen LogP contribution in [0, 0.1) is 27.7 Å². The molecule has 0 aliphatic carbocycles. The fourth-order valence-electron chi connectivity index (χ4n) is 3.85. The maximum atomic E-state index is 6.00. The van der Waals surface area contributed by atoms with Gasteiger partial charge in [0.05, 0.1) is 39.6 Å². The monoisotopic (exact) mass is 442 g/mol. The number of hydrogen-bond acceptors (Lipinski definition) is 6. The molecule has 2 aromatic rings. The maximum absolute atomic E-state index is 6.00. The van der Waals surface area contributed by atoms with Crippen molar-refractivity contribution in [1.29, 1.82) is 0 Å². The van der Waals surface area contributed by atoms with Gasteiger partial charge in [-0.05, 0) is 85.3 Å². The standard InChI is InChI=1S/C26H34O6/c1-17-9-21(10-18(2)25(17)29-7-5-27-13-23-15-31-23)22-11-19(3)26(20(4)12-22)30-8-6-28-14-24-16-32-24/h9-12,23-24H,5-8,13-16H2,1-4H3. The first-order valence-electron chi connectivity index (χ1n) is 11.4. The molecule has 0 aromatic heterocycles. The zero-order valence-corrected chi connectivity index (χ0v) is 19.6. The maximum Gasteiger partial charge on any atom is 0.125 e. The van der Waals surface area contributed by atoms with E-state index in [-0.39, 0.29) is 12.2 Å². The van der Waals surface area contributed by atoms with E-state index in [2.05, 4.69) is 52.0 Å². The van der Waals surface area contributed by atoms with Crippen LogP contribution in [0.3, 0.4) is 0 Å². The molecule has 2 aromatic carbocycles. The second-order valence-corrected chi connectivity index (χ2v) is 8.64. The lowest BCUT2D eigenvalue weighted by Crippen LogP contribution is -2.11. The fraction of sp³-hybridized carbons (Fsp3) is 0.538. The quantitative estimate of drug-likeness (QED) is 0.343. The molecule has 0 bridgehead atoms. The Balaban J connectivity index is 1.35. The molecule has 0 amide bonds. The molecule has 2 aliphatic heterocycles. The largest absolute Gasteiger partial charge is 0.491 e. The Hall–Kier alpha value is -2.12. The summed E-state index contributed by atoms with van der Waals surface area (Å²) in [5, 5.41) is 0. The average molecular weight is 443 g/mol. The highest BCUT2D eigenvalue weighted by molar-refractivity contribution is 5.70. The lowest BCUT2D eigenvalue weighted by Gasteiger charge is -2.17. The molecule has 0 saturated carbocycles. The van der Waals surface area contributed by atoms with Crippen molar-refractivity contribution in [3.63, 3.8) is 0 Å². The zero-order valence-electron chi connectivity index (χ0n) is 19.6. The van der Waals surface area contributed by atoms with E-state index in [1.807, 2.05) is 0 Å². The van der Waals surface area contributed by atoms with E-state index in [1.165, 1.54) is 11.1 Å². The molecule has 2 saturated heterocycles. The van der Waals surface area contributed by atoms with E-state index in [9.17, 15) is 0 Å². The summed E-state index contributed by atoms with van der Waals surface area (Å²) in [6.07, 6.45) is 0.578. The molecule has 2 unspecified atom stereocenters. The van der Waals surface area contributed by atoms with Crippen molar-refractivity contribution in [3.05, 3.63) is 46.5 Å². The minimum atomic E-state index is 0.289. The molecule has 6 heteroatoms. The van der Waals surface area contributed by atoms with E-state index in [4.69, 9.17) is 28.4 Å². The number of benzene rings is 2. The smallest absolute Gasteiger partial charge is 0.125 e. The van der Waals surface area contributed by atoms with Crippen molar-refractivity contribution in [1.82, 2.24) is 0 Å². The lowest BCUT2D eigenvalue weighted by molar-refractivity contribution is 0.0874. The Bertz CT molecular complexity index is 795. The van der Waals surface area contributed by atoms with Gasteiger partial charge in [-0.1, -0.05) is 0 Å². The highest BCUT2D eigenvalue weighted by atomic mass is 16.6. The van der Waals surface area contributed by atoms with E-state index in [0.29, 0.717) is 39.6 Å². The van der Waals surface area contributed by atoms with Crippen LogP contribution in [0.15, 0.2) is 24.3 Å². The van der Waals surface area contributed by atoms with Crippen LogP contribution in [0.1, 0.15) is 22.3 Å². The van der Waals surface area contributed by atoms with E-state index in [0.717, 1.165) is 47.0 Å². The predicted octanol–water partition coefficient (Wildman–Crippen LogP) is 4.18. The van der Waals surface area contributed by atoms with Gasteiger partial charge in [0.1, 0.15) is 36.9 Å². The molecule has 0 radical (unpaired) electrons. The summed E-state index contributed by atoms with van der Waals surface area (Å²) in [5.74, 6) is 1.87. The number of rotatable bonds is 13. The van der Waals surface area contributed by atoms with E-state index < -0.39 is 0 Å². The number of epoxide rings is 2. The van der Waals surface area contributed by atoms with Crippen LogP contribution >= 0.6 is 0 Å². The van der Waals surface area contributed by atoms with Crippen LogP contribution < -0.4 is 9.47 Å². The van der Waals surface area contributed by atoms with Gasteiger partial charge in [0, 0.05) is 0 Å². The first-order chi connectivity index (χ1) is 15.5. The Labute approximate surface area is 190 Å². The van der Waals surface area contributed by atoms with Crippen LogP contribution in [0.25, 0.3) is 11.1 Å². The summed E-state index contributed by atoms with van der Waals surface area (Å²) in [5.41, 5.74) is 6.85. The Kier molecular flexibility index (Phi) is 7.68. The summed E-state index contributed by atoms with van der Waals surface area (Å²) in [7, 11) is 0. The van der Waals surface area contributed by atoms with Crippen LogP contribution in [0.4, 0.5) is 0 Å². The van der Waals surface area contributed by atoms with Gasteiger partial charge >= 0.3 is 0 Å². The normalized spacial score (nSPS) is 19.1. The van der Waals surface area contributed by atoms with Crippen LogP contribution in [-0.4, -0.2) is 65.1 Å². The number of aryl methyl sites for hydroxylation is 4. The highest BCUT2D eigenvalue weighted by Crippen LogP contribution is 2.34. The number of hydrogen-bond donors (Lipinski definition) is 0. The van der Waals surface area contributed by atoms with Crippen molar-refractivity contribution < 1.29 is 28.4 Å². The SMILES string of the molecule is Cc1cc(-c2cc(C)c(OCCOCC3CO3)c(C)c2)cc(C)c1OCCOCC1CO1. The summed E-state index contributed by atoms with van der Waals surface area (Å²) in [4.78, 5) is 0. The third-order valence-electron chi connectivity index (χ3n) is 5.61. The second-order valence-electron chi connectivity index (χ2n) is 8.64. The predicted molar refractivity (Wildman–Crippen MR) is 123 cm³/mol. The Morgan fingerprint density at radius 1 is 0.625 bits per heavy atom. The third-order valence-corrected chi connectivity index (χ3v) is 5.61. The van der Waals surface area contributed by atoms with Crippen molar-refractivity contribution in [2.45, 2.75) is 39.9 Å². The van der Waals surface area contributed by atoms with Crippen LogP contribution in [0.2, 0.25) is 0 Å². The molecule has 2 atom stereocenters. The highest BCUT2D eigenvalue weighted by Gasteiger charge is 2.22. The minimum absolute atomic E-state index is 0.289. The van der Waals surface area contributed by atoms with Gasteiger partial charge in [-0.15, -0.1) is 0 Å². The molecular formula is C26H34O6. The first-order valence-corrected chi connectivity index (χ1v) is 11.4. The third kappa shape index (κ3) is 6.45. The number of ether oxygens (including phenoxy) is 6. The zero-order chi connectivity index (χ0) is 22.5. The van der Waals surface area contributed by atoms with E-state index >= 15 is 0 Å². The molecule has 0 spiro atoms. The Morgan fingerprint density at radius 3 is 1.28 bits per heavy atom. The van der Waals surface area contributed by atoms with E-state index in [1.54, 1.807) is 0 Å². The Morgan fingerprint density at radius 2 is 0.969 bits per heavy atom. The summed E-state index contributed by atoms with van der Waals surface area (Å²) >= 11 is 0. The molecule has 0 N–H and O–H groups in total. The van der Waals surface area contributed by atoms with Gasteiger partial charge in [0.2, 0.25) is 0 Å². The first kappa shape index (κ1) is 23.1. The fourth-order valence-corrected chi connectivity index (χ4v) is 3.85. The van der Waals surface area contributed by atoms with Crippen molar-refractivity contribution in [2.24, 2.45) is 0 Å². The topological polar surface area (TPSA) is 62.0 Å². The van der Waals surface area contributed by atoms with Gasteiger partial charge in [0.15, 0.2) is 0 Å².